The number of anilines is 1. The van der Waals surface area contributed by atoms with E-state index < -0.39 is 0 Å². The first kappa shape index (κ1) is 7.61. The van der Waals surface area contributed by atoms with Gasteiger partial charge in [0.05, 0.1) is 6.10 Å². The summed E-state index contributed by atoms with van der Waals surface area (Å²) in [5.74, 6) is 1.14. The van der Waals surface area contributed by atoms with Gasteiger partial charge in [-0.3, -0.25) is 5.10 Å². The van der Waals surface area contributed by atoms with Crippen molar-refractivity contribution < 1.29 is 4.74 Å². The molecule has 0 aromatic carbocycles. The fraction of sp³-hybridized carbons (Fsp3) is 0.625. The van der Waals surface area contributed by atoms with E-state index in [1.165, 1.54) is 0 Å². The largest absolute Gasteiger partial charge is 0.382 e. The molecule has 3 N–H and O–H groups in total. The van der Waals surface area contributed by atoms with Gasteiger partial charge in [0.2, 0.25) is 0 Å². The van der Waals surface area contributed by atoms with Gasteiger partial charge in [-0.05, 0) is 12.8 Å². The number of rotatable bonds is 2. The number of methoxy groups -OCH3 is 1. The van der Waals surface area contributed by atoms with E-state index in [2.05, 4.69) is 10.2 Å². The van der Waals surface area contributed by atoms with E-state index in [0.29, 0.717) is 17.8 Å². The highest BCUT2D eigenvalue weighted by molar-refractivity contribution is 5.31. The molecule has 1 aliphatic carbocycles. The molecule has 66 valence electrons. The number of H-pyrrole nitrogens is 1. The van der Waals surface area contributed by atoms with E-state index in [1.54, 1.807) is 7.11 Å². The van der Waals surface area contributed by atoms with Gasteiger partial charge in [-0.2, -0.15) is 5.10 Å². The summed E-state index contributed by atoms with van der Waals surface area (Å²) in [6, 6.07) is 1.90. The molecule has 0 spiro atoms. The summed E-state index contributed by atoms with van der Waals surface area (Å²) in [6.45, 7) is 0. The minimum Gasteiger partial charge on any atom is -0.382 e. The number of aromatic nitrogens is 2. The normalized spacial score (nSPS) is 28.4. The molecule has 4 heteroatoms. The van der Waals surface area contributed by atoms with Gasteiger partial charge in [0.15, 0.2) is 0 Å². The number of hydrogen-bond acceptors (Lipinski definition) is 3. The lowest BCUT2D eigenvalue weighted by Crippen LogP contribution is -2.28. The monoisotopic (exact) mass is 167 g/mol. The highest BCUT2D eigenvalue weighted by Crippen LogP contribution is 2.37. The first-order valence-electron chi connectivity index (χ1n) is 4.13. The maximum Gasteiger partial charge on any atom is 0.145 e. The second-order valence-electron chi connectivity index (χ2n) is 3.27. The maximum atomic E-state index is 5.49. The lowest BCUT2D eigenvalue weighted by molar-refractivity contribution is 0.0247. The molecule has 0 aliphatic heterocycles. The molecule has 1 heterocycles. The number of nitrogen functional groups attached to an aromatic ring is 1. The van der Waals surface area contributed by atoms with Crippen LogP contribution in [0.5, 0.6) is 0 Å². The minimum absolute atomic E-state index is 0.430. The average Bonchev–Trinajstić information content (AvgIpc) is 2.34. The van der Waals surface area contributed by atoms with Crippen LogP contribution in [0.15, 0.2) is 6.07 Å². The zero-order valence-corrected chi connectivity index (χ0v) is 7.08. The van der Waals surface area contributed by atoms with E-state index in [4.69, 9.17) is 10.5 Å². The molecular weight excluding hydrogens is 154 g/mol. The number of ether oxygens (including phenoxy) is 1. The van der Waals surface area contributed by atoms with Crippen molar-refractivity contribution in [2.24, 2.45) is 0 Å². The van der Waals surface area contributed by atoms with Crippen molar-refractivity contribution in [1.82, 2.24) is 10.2 Å². The third kappa shape index (κ3) is 1.18. The van der Waals surface area contributed by atoms with Crippen LogP contribution in [0.2, 0.25) is 0 Å². The Morgan fingerprint density at radius 1 is 1.67 bits per heavy atom. The molecule has 0 bridgehead atoms. The van der Waals surface area contributed by atoms with Gasteiger partial charge in [0.1, 0.15) is 5.82 Å². The Bertz CT molecular complexity index is 265. The van der Waals surface area contributed by atoms with E-state index in [0.717, 1.165) is 18.5 Å². The van der Waals surface area contributed by atoms with Crippen LogP contribution in [0.1, 0.15) is 24.5 Å². The molecule has 12 heavy (non-hydrogen) atoms. The summed E-state index contributed by atoms with van der Waals surface area (Å²) in [5, 5.41) is 6.80. The third-order valence-corrected chi connectivity index (χ3v) is 2.49. The van der Waals surface area contributed by atoms with Crippen molar-refractivity contribution >= 4 is 5.82 Å². The van der Waals surface area contributed by atoms with Crippen LogP contribution in [0, 0.1) is 0 Å². The lowest BCUT2D eigenvalue weighted by atomic mass is 9.80. The van der Waals surface area contributed by atoms with Crippen molar-refractivity contribution in [2.45, 2.75) is 24.9 Å². The van der Waals surface area contributed by atoms with Crippen LogP contribution in [0.4, 0.5) is 5.82 Å². The number of nitrogens with zero attached hydrogens (tertiary/aromatic N) is 1. The van der Waals surface area contributed by atoms with Crippen molar-refractivity contribution in [1.29, 1.82) is 0 Å². The standard InChI is InChI=1S/C8H13N3O/c1-12-6-2-5(3-6)7-4-8(9)11-10-7/h4-6H,2-3H2,1H3,(H3,9,10,11). The molecule has 0 unspecified atom stereocenters. The van der Waals surface area contributed by atoms with Gasteiger partial charge in [0.25, 0.3) is 0 Å². The molecule has 1 aromatic rings. The Morgan fingerprint density at radius 3 is 2.92 bits per heavy atom. The van der Waals surface area contributed by atoms with E-state index in [9.17, 15) is 0 Å². The molecule has 4 nitrogen and oxygen atoms in total. The summed E-state index contributed by atoms with van der Waals surface area (Å²) >= 11 is 0. The van der Waals surface area contributed by atoms with Gasteiger partial charge in [-0.1, -0.05) is 0 Å². The first-order valence-corrected chi connectivity index (χ1v) is 4.13. The topological polar surface area (TPSA) is 63.9 Å². The van der Waals surface area contributed by atoms with Crippen LogP contribution in [-0.4, -0.2) is 23.4 Å². The molecular formula is C8H13N3O. The van der Waals surface area contributed by atoms with Crippen molar-refractivity contribution in [3.63, 3.8) is 0 Å². The Morgan fingerprint density at radius 2 is 2.42 bits per heavy atom. The predicted molar refractivity (Wildman–Crippen MR) is 45.8 cm³/mol. The Hall–Kier alpha value is -1.03. The van der Waals surface area contributed by atoms with Crippen molar-refractivity contribution in [3.05, 3.63) is 11.8 Å². The van der Waals surface area contributed by atoms with E-state index >= 15 is 0 Å². The summed E-state index contributed by atoms with van der Waals surface area (Å²) in [6.07, 6.45) is 2.59. The molecule has 2 rings (SSSR count). The molecule has 0 amide bonds. The molecule has 0 atom stereocenters. The zero-order chi connectivity index (χ0) is 8.55. The molecule has 0 radical (unpaired) electrons. The van der Waals surface area contributed by atoms with Crippen molar-refractivity contribution in [3.8, 4) is 0 Å². The summed E-state index contributed by atoms with van der Waals surface area (Å²) < 4.78 is 5.18. The molecule has 1 fully saturated rings. The van der Waals surface area contributed by atoms with Gasteiger partial charge >= 0.3 is 0 Å². The Labute approximate surface area is 71.1 Å². The number of aromatic amines is 1. The molecule has 1 saturated carbocycles. The van der Waals surface area contributed by atoms with Crippen LogP contribution in [-0.2, 0) is 4.74 Å². The smallest absolute Gasteiger partial charge is 0.145 e. The van der Waals surface area contributed by atoms with Gasteiger partial charge in [0, 0.05) is 24.8 Å². The average molecular weight is 167 g/mol. The summed E-state index contributed by atoms with van der Waals surface area (Å²) in [4.78, 5) is 0. The van der Waals surface area contributed by atoms with E-state index in [-0.39, 0.29) is 0 Å². The summed E-state index contributed by atoms with van der Waals surface area (Å²) in [7, 11) is 1.75. The van der Waals surface area contributed by atoms with Gasteiger partial charge < -0.3 is 10.5 Å². The quantitative estimate of drug-likeness (QED) is 0.687. The maximum absolute atomic E-state index is 5.49. The highest BCUT2D eigenvalue weighted by atomic mass is 16.5. The SMILES string of the molecule is COC1CC(c2cc(N)n[nH]2)C1. The zero-order valence-electron chi connectivity index (χ0n) is 7.08. The molecule has 1 aliphatic rings. The molecule has 1 aromatic heterocycles. The first-order chi connectivity index (χ1) is 5.79. The number of hydrogen-bond donors (Lipinski definition) is 2. The number of nitrogens with two attached hydrogens (primary N) is 1. The van der Waals surface area contributed by atoms with Crippen LogP contribution < -0.4 is 5.73 Å². The summed E-state index contributed by atoms with van der Waals surface area (Å²) in [5.41, 5.74) is 6.63. The van der Waals surface area contributed by atoms with Crippen LogP contribution in [0.3, 0.4) is 0 Å². The number of nitrogens with one attached hydrogen (secondary N) is 1. The second-order valence-corrected chi connectivity index (χ2v) is 3.27. The van der Waals surface area contributed by atoms with E-state index in [1.807, 2.05) is 6.07 Å². The Balaban J connectivity index is 1.96. The Kier molecular flexibility index (Phi) is 1.77. The minimum atomic E-state index is 0.430. The van der Waals surface area contributed by atoms with Crippen LogP contribution in [0.25, 0.3) is 0 Å². The van der Waals surface area contributed by atoms with Crippen molar-refractivity contribution in [2.75, 3.05) is 12.8 Å². The van der Waals surface area contributed by atoms with Gasteiger partial charge in [-0.25, -0.2) is 0 Å². The molecule has 0 saturated heterocycles. The predicted octanol–water partition coefficient (Wildman–Crippen LogP) is 0.884. The highest BCUT2D eigenvalue weighted by Gasteiger charge is 2.31. The fourth-order valence-electron chi connectivity index (χ4n) is 1.57. The third-order valence-electron chi connectivity index (χ3n) is 2.49. The lowest BCUT2D eigenvalue weighted by Gasteiger charge is -2.33. The second kappa shape index (κ2) is 2.79. The van der Waals surface area contributed by atoms with Gasteiger partial charge in [-0.15, -0.1) is 0 Å². The van der Waals surface area contributed by atoms with Crippen LogP contribution >= 0.6 is 0 Å². The fourth-order valence-corrected chi connectivity index (χ4v) is 1.57.